The van der Waals surface area contributed by atoms with Crippen molar-refractivity contribution in [3.8, 4) is 0 Å². The molecule has 2 aromatic rings. The third kappa shape index (κ3) is 10.0. The topological polar surface area (TPSA) is 157 Å². The van der Waals surface area contributed by atoms with Gasteiger partial charge in [0.15, 0.2) is 0 Å². The predicted molar refractivity (Wildman–Crippen MR) is 152 cm³/mol. The van der Waals surface area contributed by atoms with Gasteiger partial charge in [0.1, 0.15) is 0 Å². The average Bonchev–Trinajstić information content (AvgIpc) is 2.96. The van der Waals surface area contributed by atoms with Crippen LogP contribution in [0.5, 0.6) is 0 Å². The molecule has 2 unspecified atom stereocenters. The van der Waals surface area contributed by atoms with Crippen LogP contribution < -0.4 is 10.6 Å². The Morgan fingerprint density at radius 2 is 1.36 bits per heavy atom. The summed E-state index contributed by atoms with van der Waals surface area (Å²) < 4.78 is 14.9. The van der Waals surface area contributed by atoms with Crippen LogP contribution in [0.25, 0.3) is 0 Å². The number of ether oxygens (including phenoxy) is 3. The molecule has 0 heterocycles. The van der Waals surface area contributed by atoms with Crippen LogP contribution in [0.2, 0.25) is 0 Å². The number of methoxy groups -OCH3 is 1. The number of nitrogens with one attached hydrogen (secondary N) is 2. The minimum absolute atomic E-state index is 0.0529. The van der Waals surface area contributed by atoms with Gasteiger partial charge in [-0.1, -0.05) is 32.0 Å². The molecule has 0 aliphatic rings. The molecule has 0 saturated carbocycles. The summed E-state index contributed by atoms with van der Waals surface area (Å²) in [6, 6.07) is 12.4. The van der Waals surface area contributed by atoms with Crippen LogP contribution in [-0.2, 0) is 39.9 Å². The first-order chi connectivity index (χ1) is 20.0. The zero-order chi connectivity index (χ0) is 31.2. The van der Waals surface area contributed by atoms with Gasteiger partial charge in [-0.05, 0) is 48.7 Å². The fraction of sp³-hybridized carbons (Fsp3) is 0.400. The summed E-state index contributed by atoms with van der Waals surface area (Å²) in [4.78, 5) is 76.5. The van der Waals surface area contributed by atoms with Crippen molar-refractivity contribution in [3.05, 3.63) is 65.2 Å². The van der Waals surface area contributed by atoms with Gasteiger partial charge in [-0.3, -0.25) is 24.0 Å². The number of carbonyl (C=O) groups excluding carboxylic acids is 6. The van der Waals surface area contributed by atoms with Gasteiger partial charge in [0, 0.05) is 44.7 Å². The lowest BCUT2D eigenvalue weighted by Gasteiger charge is -2.25. The van der Waals surface area contributed by atoms with Gasteiger partial charge in [0.25, 0.3) is 17.7 Å². The molecule has 2 N–H and O–H groups in total. The Bertz CT molecular complexity index is 1270. The molecule has 12 heteroatoms. The van der Waals surface area contributed by atoms with E-state index in [1.165, 1.54) is 31.4 Å². The van der Waals surface area contributed by atoms with Crippen LogP contribution in [-0.4, -0.2) is 72.9 Å². The predicted octanol–water partition coefficient (Wildman–Crippen LogP) is 2.85. The van der Waals surface area contributed by atoms with Crippen LogP contribution in [0.3, 0.4) is 0 Å². The maximum atomic E-state index is 13.3. The highest BCUT2D eigenvalue weighted by atomic mass is 16.6. The summed E-state index contributed by atoms with van der Waals surface area (Å²) >= 11 is 0. The Morgan fingerprint density at radius 3 is 1.88 bits per heavy atom. The third-order valence-corrected chi connectivity index (χ3v) is 5.87. The molecule has 0 radical (unpaired) electrons. The molecule has 2 atom stereocenters. The molecule has 2 aromatic carbocycles. The summed E-state index contributed by atoms with van der Waals surface area (Å²) in [6.45, 7) is 7.13. The molecule has 226 valence electrons. The lowest BCUT2D eigenvalue weighted by Crippen LogP contribution is -2.51. The number of hydrogen-bond donors (Lipinski definition) is 2. The molecule has 0 aliphatic heterocycles. The number of amides is 3. The van der Waals surface area contributed by atoms with Crippen molar-refractivity contribution >= 4 is 41.3 Å². The molecular weight excluding hydrogens is 546 g/mol. The number of hydrogen-bond acceptors (Lipinski definition) is 9. The molecule has 0 saturated heterocycles. The second-order valence-corrected chi connectivity index (χ2v) is 9.33. The zero-order valence-electron chi connectivity index (χ0n) is 24.4. The van der Waals surface area contributed by atoms with Gasteiger partial charge >= 0.3 is 17.9 Å². The molecule has 0 aliphatic carbocycles. The smallest absolute Gasteiger partial charge is 0.337 e. The number of esters is 3. The SMILES string of the molecule is CCCN(CCC)C(=O)c1cccc(NC(=O)C(OC(C)=O)C(OC(C)=O)C(=O)NCc2ccc(C(=O)OC)cc2)c1. The van der Waals surface area contributed by atoms with Crippen molar-refractivity contribution in [1.82, 2.24) is 10.2 Å². The molecule has 0 aromatic heterocycles. The van der Waals surface area contributed by atoms with Crippen LogP contribution in [0.15, 0.2) is 48.5 Å². The Morgan fingerprint density at radius 1 is 0.786 bits per heavy atom. The van der Waals surface area contributed by atoms with Crippen molar-refractivity contribution in [1.29, 1.82) is 0 Å². The fourth-order valence-electron chi connectivity index (χ4n) is 4.01. The Balaban J connectivity index is 2.25. The van der Waals surface area contributed by atoms with Crippen LogP contribution in [0.4, 0.5) is 5.69 Å². The van der Waals surface area contributed by atoms with Gasteiger partial charge in [-0.2, -0.15) is 0 Å². The minimum atomic E-state index is -1.84. The highest BCUT2D eigenvalue weighted by molar-refractivity contribution is 6.01. The highest BCUT2D eigenvalue weighted by Crippen LogP contribution is 2.17. The second kappa shape index (κ2) is 16.5. The van der Waals surface area contributed by atoms with E-state index in [0.29, 0.717) is 29.8 Å². The van der Waals surface area contributed by atoms with E-state index in [9.17, 15) is 28.8 Å². The minimum Gasteiger partial charge on any atom is -0.465 e. The Hall–Kier alpha value is -4.74. The lowest BCUT2D eigenvalue weighted by molar-refractivity contribution is -0.173. The Labute approximate surface area is 244 Å². The summed E-state index contributed by atoms with van der Waals surface area (Å²) in [5.74, 6) is -4.35. The molecule has 2 rings (SSSR count). The summed E-state index contributed by atoms with van der Waals surface area (Å²) in [7, 11) is 1.26. The third-order valence-electron chi connectivity index (χ3n) is 5.87. The summed E-state index contributed by atoms with van der Waals surface area (Å²) in [6.07, 6.45) is -2.10. The lowest BCUT2D eigenvalue weighted by atomic mass is 10.1. The largest absolute Gasteiger partial charge is 0.465 e. The van der Waals surface area contributed by atoms with E-state index in [4.69, 9.17) is 9.47 Å². The second-order valence-electron chi connectivity index (χ2n) is 9.33. The first-order valence-electron chi connectivity index (χ1n) is 13.5. The number of rotatable bonds is 14. The summed E-state index contributed by atoms with van der Waals surface area (Å²) in [5.41, 5.74) is 1.45. The van der Waals surface area contributed by atoms with Gasteiger partial charge in [-0.25, -0.2) is 4.79 Å². The number of benzene rings is 2. The van der Waals surface area contributed by atoms with Gasteiger partial charge in [-0.15, -0.1) is 0 Å². The van der Waals surface area contributed by atoms with Gasteiger partial charge in [0.05, 0.1) is 12.7 Å². The van der Waals surface area contributed by atoms with Crippen molar-refractivity contribution in [2.45, 2.75) is 59.3 Å². The van der Waals surface area contributed by atoms with E-state index >= 15 is 0 Å². The van der Waals surface area contributed by atoms with Gasteiger partial charge in [0.2, 0.25) is 12.2 Å². The summed E-state index contributed by atoms with van der Waals surface area (Å²) in [5, 5.41) is 5.09. The number of anilines is 1. The molecule has 0 bridgehead atoms. The normalized spacial score (nSPS) is 11.8. The zero-order valence-corrected chi connectivity index (χ0v) is 24.4. The first-order valence-corrected chi connectivity index (χ1v) is 13.5. The van der Waals surface area contributed by atoms with Gasteiger partial charge < -0.3 is 29.7 Å². The van der Waals surface area contributed by atoms with E-state index in [1.54, 1.807) is 29.2 Å². The van der Waals surface area contributed by atoms with E-state index in [0.717, 1.165) is 26.7 Å². The first kappa shape index (κ1) is 33.5. The highest BCUT2D eigenvalue weighted by Gasteiger charge is 2.39. The van der Waals surface area contributed by atoms with Crippen molar-refractivity contribution in [2.24, 2.45) is 0 Å². The van der Waals surface area contributed by atoms with Crippen molar-refractivity contribution in [3.63, 3.8) is 0 Å². The monoisotopic (exact) mass is 583 g/mol. The van der Waals surface area contributed by atoms with Crippen molar-refractivity contribution < 1.29 is 43.0 Å². The molecular formula is C30H37N3O9. The Kier molecular flexibility index (Phi) is 13.2. The molecule has 0 spiro atoms. The standard InChI is InChI=1S/C30H37N3O9/c1-6-15-33(16-7-2)29(38)23-9-8-10-24(17-23)32-28(37)26(42-20(4)35)25(41-19(3)34)27(36)31-18-21-11-13-22(14-12-21)30(39)40-5/h8-14,17,25-26H,6-7,15-16,18H2,1-5H3,(H,31,36)(H,32,37). The van der Waals surface area contributed by atoms with Crippen molar-refractivity contribution in [2.75, 3.05) is 25.5 Å². The van der Waals surface area contributed by atoms with E-state index in [2.05, 4.69) is 15.4 Å². The molecule has 12 nitrogen and oxygen atoms in total. The van der Waals surface area contributed by atoms with E-state index < -0.39 is 41.9 Å². The maximum absolute atomic E-state index is 13.3. The van der Waals surface area contributed by atoms with E-state index in [1.807, 2.05) is 13.8 Å². The average molecular weight is 584 g/mol. The molecule has 3 amide bonds. The van der Waals surface area contributed by atoms with E-state index in [-0.39, 0.29) is 18.1 Å². The number of carbonyl (C=O) groups is 6. The molecule has 0 fully saturated rings. The van der Waals surface area contributed by atoms with Crippen LogP contribution in [0.1, 0.15) is 66.8 Å². The molecule has 42 heavy (non-hydrogen) atoms. The van der Waals surface area contributed by atoms with Crippen LogP contribution >= 0.6 is 0 Å². The fourth-order valence-corrected chi connectivity index (χ4v) is 4.01. The van der Waals surface area contributed by atoms with Crippen LogP contribution in [0, 0.1) is 0 Å². The number of nitrogens with zero attached hydrogens (tertiary/aromatic N) is 1. The quantitative estimate of drug-likeness (QED) is 0.252. The maximum Gasteiger partial charge on any atom is 0.337 e.